The SMILES string of the molecule is Cc1ccc(C(=O)O)c(OCc2cccc([N+](=O)[O-])c2)c1. The highest BCUT2D eigenvalue weighted by atomic mass is 16.6. The van der Waals surface area contributed by atoms with Crippen LogP contribution in [0.3, 0.4) is 0 Å². The number of non-ortho nitro benzene ring substituents is 1. The predicted octanol–water partition coefficient (Wildman–Crippen LogP) is 3.18. The zero-order valence-corrected chi connectivity index (χ0v) is 11.3. The van der Waals surface area contributed by atoms with Crippen LogP contribution >= 0.6 is 0 Å². The second kappa shape index (κ2) is 6.04. The number of nitro groups is 1. The highest BCUT2D eigenvalue weighted by molar-refractivity contribution is 5.90. The lowest BCUT2D eigenvalue weighted by Gasteiger charge is -2.10. The average Bonchev–Trinajstić information content (AvgIpc) is 2.45. The average molecular weight is 287 g/mol. The van der Waals surface area contributed by atoms with E-state index < -0.39 is 10.9 Å². The smallest absolute Gasteiger partial charge is 0.339 e. The van der Waals surface area contributed by atoms with Crippen LogP contribution in [-0.4, -0.2) is 16.0 Å². The number of hydrogen-bond acceptors (Lipinski definition) is 4. The number of nitro benzene ring substituents is 1. The number of aromatic carboxylic acids is 1. The molecule has 0 spiro atoms. The summed E-state index contributed by atoms with van der Waals surface area (Å²) in [4.78, 5) is 21.3. The van der Waals surface area contributed by atoms with Crippen molar-refractivity contribution in [3.63, 3.8) is 0 Å². The van der Waals surface area contributed by atoms with Crippen LogP contribution in [0.2, 0.25) is 0 Å². The van der Waals surface area contributed by atoms with E-state index in [1.54, 1.807) is 24.3 Å². The number of benzene rings is 2. The minimum atomic E-state index is -1.08. The lowest BCUT2D eigenvalue weighted by atomic mass is 10.1. The van der Waals surface area contributed by atoms with Gasteiger partial charge < -0.3 is 9.84 Å². The van der Waals surface area contributed by atoms with Crippen LogP contribution in [0, 0.1) is 17.0 Å². The summed E-state index contributed by atoms with van der Waals surface area (Å²) in [5.41, 5.74) is 1.50. The molecule has 2 aromatic carbocycles. The zero-order chi connectivity index (χ0) is 15.4. The summed E-state index contributed by atoms with van der Waals surface area (Å²) in [6.07, 6.45) is 0. The van der Waals surface area contributed by atoms with Gasteiger partial charge in [0.15, 0.2) is 0 Å². The first-order valence-corrected chi connectivity index (χ1v) is 6.17. The van der Waals surface area contributed by atoms with Crippen molar-refractivity contribution >= 4 is 11.7 Å². The molecule has 2 aromatic rings. The van der Waals surface area contributed by atoms with Gasteiger partial charge in [0.2, 0.25) is 0 Å². The summed E-state index contributed by atoms with van der Waals surface area (Å²) in [7, 11) is 0. The molecule has 0 atom stereocenters. The summed E-state index contributed by atoms with van der Waals surface area (Å²) in [5, 5.41) is 19.8. The lowest BCUT2D eigenvalue weighted by molar-refractivity contribution is -0.384. The van der Waals surface area contributed by atoms with E-state index in [9.17, 15) is 14.9 Å². The van der Waals surface area contributed by atoms with Gasteiger partial charge in [0.1, 0.15) is 17.9 Å². The molecule has 1 N–H and O–H groups in total. The first-order valence-electron chi connectivity index (χ1n) is 6.17. The van der Waals surface area contributed by atoms with Gasteiger partial charge in [-0.3, -0.25) is 10.1 Å². The summed E-state index contributed by atoms with van der Waals surface area (Å²) in [6.45, 7) is 1.89. The van der Waals surface area contributed by atoms with E-state index in [2.05, 4.69) is 0 Å². The summed E-state index contributed by atoms with van der Waals surface area (Å²) >= 11 is 0. The molecule has 0 unspecified atom stereocenters. The van der Waals surface area contributed by atoms with Crippen LogP contribution in [-0.2, 0) is 6.61 Å². The number of carboxylic acid groups (broad SMARTS) is 1. The van der Waals surface area contributed by atoms with Crippen LogP contribution in [0.4, 0.5) is 5.69 Å². The Balaban J connectivity index is 2.20. The lowest BCUT2D eigenvalue weighted by Crippen LogP contribution is -2.04. The summed E-state index contributed by atoms with van der Waals surface area (Å²) < 4.78 is 5.50. The quantitative estimate of drug-likeness (QED) is 0.673. The molecule has 0 bridgehead atoms. The van der Waals surface area contributed by atoms with E-state index >= 15 is 0 Å². The molecule has 0 aliphatic rings. The largest absolute Gasteiger partial charge is 0.488 e. The van der Waals surface area contributed by atoms with E-state index in [1.807, 2.05) is 6.92 Å². The summed E-state index contributed by atoms with van der Waals surface area (Å²) in [6, 6.07) is 10.8. The monoisotopic (exact) mass is 287 g/mol. The van der Waals surface area contributed by atoms with Gasteiger partial charge in [-0.15, -0.1) is 0 Å². The zero-order valence-electron chi connectivity index (χ0n) is 11.3. The van der Waals surface area contributed by atoms with Crippen molar-refractivity contribution in [2.75, 3.05) is 0 Å². The second-order valence-electron chi connectivity index (χ2n) is 4.52. The van der Waals surface area contributed by atoms with Gasteiger partial charge in [0, 0.05) is 12.1 Å². The molecule has 6 heteroatoms. The van der Waals surface area contributed by atoms with Crippen molar-refractivity contribution in [3.8, 4) is 5.75 Å². The molecule has 0 aromatic heterocycles. The Morgan fingerprint density at radius 1 is 1.29 bits per heavy atom. The standard InChI is InChI=1S/C15H13NO5/c1-10-5-6-13(15(17)18)14(7-10)21-9-11-3-2-4-12(8-11)16(19)20/h2-8H,9H2,1H3,(H,17,18). The minimum absolute atomic E-state index is 0.0289. The molecule has 0 saturated carbocycles. The van der Waals surface area contributed by atoms with Crippen molar-refractivity contribution < 1.29 is 19.6 Å². The Hall–Kier alpha value is -2.89. The maximum absolute atomic E-state index is 11.1. The fraction of sp³-hybridized carbons (Fsp3) is 0.133. The molecule has 0 radical (unpaired) electrons. The Kier molecular flexibility index (Phi) is 4.18. The van der Waals surface area contributed by atoms with E-state index in [-0.39, 0.29) is 23.6 Å². The van der Waals surface area contributed by atoms with Gasteiger partial charge >= 0.3 is 5.97 Å². The van der Waals surface area contributed by atoms with Gasteiger partial charge in [0.05, 0.1) is 4.92 Å². The third-order valence-corrected chi connectivity index (χ3v) is 2.88. The van der Waals surface area contributed by atoms with Crippen molar-refractivity contribution in [2.24, 2.45) is 0 Å². The van der Waals surface area contributed by atoms with Crippen molar-refractivity contribution in [1.82, 2.24) is 0 Å². The molecule has 6 nitrogen and oxygen atoms in total. The third-order valence-electron chi connectivity index (χ3n) is 2.88. The third kappa shape index (κ3) is 3.56. The van der Waals surface area contributed by atoms with Gasteiger partial charge in [-0.2, -0.15) is 0 Å². The highest BCUT2D eigenvalue weighted by Crippen LogP contribution is 2.22. The molecule has 0 aliphatic carbocycles. The van der Waals surface area contributed by atoms with Crippen molar-refractivity contribution in [2.45, 2.75) is 13.5 Å². The summed E-state index contributed by atoms with van der Waals surface area (Å²) in [5.74, 6) is -0.835. The van der Waals surface area contributed by atoms with E-state index in [0.717, 1.165) is 5.56 Å². The molecule has 0 heterocycles. The maximum atomic E-state index is 11.1. The highest BCUT2D eigenvalue weighted by Gasteiger charge is 2.12. The number of rotatable bonds is 5. The van der Waals surface area contributed by atoms with E-state index in [1.165, 1.54) is 18.2 Å². The first kappa shape index (κ1) is 14.5. The van der Waals surface area contributed by atoms with Gasteiger partial charge in [-0.1, -0.05) is 18.2 Å². The maximum Gasteiger partial charge on any atom is 0.339 e. The fourth-order valence-corrected chi connectivity index (χ4v) is 1.85. The van der Waals surface area contributed by atoms with Crippen LogP contribution in [0.15, 0.2) is 42.5 Å². The van der Waals surface area contributed by atoms with Gasteiger partial charge in [0.25, 0.3) is 5.69 Å². The fourth-order valence-electron chi connectivity index (χ4n) is 1.85. The molecule has 0 aliphatic heterocycles. The second-order valence-corrected chi connectivity index (χ2v) is 4.52. The van der Waals surface area contributed by atoms with E-state index in [0.29, 0.717) is 5.56 Å². The Bertz CT molecular complexity index is 696. The van der Waals surface area contributed by atoms with Crippen LogP contribution < -0.4 is 4.74 Å². The normalized spacial score (nSPS) is 10.1. The van der Waals surface area contributed by atoms with Crippen molar-refractivity contribution in [3.05, 3.63) is 69.3 Å². The molecule has 0 saturated heterocycles. The molecule has 0 fully saturated rings. The Morgan fingerprint density at radius 2 is 2.05 bits per heavy atom. The number of hydrogen-bond donors (Lipinski definition) is 1. The van der Waals surface area contributed by atoms with Gasteiger partial charge in [-0.25, -0.2) is 4.79 Å². The van der Waals surface area contributed by atoms with E-state index in [4.69, 9.17) is 9.84 Å². The van der Waals surface area contributed by atoms with Gasteiger partial charge in [-0.05, 0) is 30.2 Å². The van der Waals surface area contributed by atoms with Crippen LogP contribution in [0.1, 0.15) is 21.5 Å². The number of aryl methyl sites for hydroxylation is 1. The van der Waals surface area contributed by atoms with Crippen LogP contribution in [0.5, 0.6) is 5.75 Å². The number of nitrogens with zero attached hydrogens (tertiary/aromatic N) is 1. The topological polar surface area (TPSA) is 89.7 Å². The van der Waals surface area contributed by atoms with Crippen molar-refractivity contribution in [1.29, 1.82) is 0 Å². The Morgan fingerprint density at radius 3 is 2.71 bits per heavy atom. The molecular weight excluding hydrogens is 274 g/mol. The molecule has 0 amide bonds. The van der Waals surface area contributed by atoms with Crippen LogP contribution in [0.25, 0.3) is 0 Å². The number of carbonyl (C=O) groups is 1. The predicted molar refractivity (Wildman–Crippen MR) is 75.6 cm³/mol. The first-order chi connectivity index (χ1) is 9.97. The number of carboxylic acids is 1. The molecular formula is C15H13NO5. The number of ether oxygens (including phenoxy) is 1. The molecule has 21 heavy (non-hydrogen) atoms. The molecule has 2 rings (SSSR count). The minimum Gasteiger partial charge on any atom is -0.488 e. The molecule has 108 valence electrons. The Labute approximate surface area is 120 Å².